The van der Waals surface area contributed by atoms with Crippen LogP contribution in [0.25, 0.3) is 0 Å². The quantitative estimate of drug-likeness (QED) is 0.919. The first-order valence-electron chi connectivity index (χ1n) is 8.12. The second-order valence-corrected chi connectivity index (χ2v) is 6.05. The highest BCUT2D eigenvalue weighted by molar-refractivity contribution is 5.37. The Kier molecular flexibility index (Phi) is 5.20. The molecule has 3 rings (SSSR count). The average Bonchev–Trinajstić information content (AvgIpc) is 2.54. The van der Waals surface area contributed by atoms with Crippen LogP contribution in [0, 0.1) is 13.8 Å². The highest BCUT2D eigenvalue weighted by Crippen LogP contribution is 2.11. The lowest BCUT2D eigenvalue weighted by atomic mass is 10.2. The third kappa shape index (κ3) is 4.74. The second-order valence-electron chi connectivity index (χ2n) is 6.05. The van der Waals surface area contributed by atoms with Gasteiger partial charge in [-0.2, -0.15) is 0 Å². The molecule has 0 saturated carbocycles. The highest BCUT2D eigenvalue weighted by atomic mass is 16.5. The van der Waals surface area contributed by atoms with Crippen LogP contribution in [0.5, 0.6) is 0 Å². The van der Waals surface area contributed by atoms with E-state index in [0.29, 0.717) is 0 Å². The summed E-state index contributed by atoms with van der Waals surface area (Å²) < 4.78 is 5.38. The van der Waals surface area contributed by atoms with Crippen molar-refractivity contribution in [3.63, 3.8) is 0 Å². The van der Waals surface area contributed by atoms with E-state index in [1.165, 1.54) is 11.1 Å². The zero-order chi connectivity index (χ0) is 16.1. The minimum absolute atomic E-state index is 0.764. The van der Waals surface area contributed by atoms with Gasteiger partial charge in [-0.3, -0.25) is 9.88 Å². The van der Waals surface area contributed by atoms with E-state index >= 15 is 0 Å². The van der Waals surface area contributed by atoms with Crippen molar-refractivity contribution in [2.45, 2.75) is 26.9 Å². The van der Waals surface area contributed by atoms with Crippen molar-refractivity contribution in [1.82, 2.24) is 14.9 Å². The molecular weight excluding hydrogens is 288 g/mol. The highest BCUT2D eigenvalue weighted by Gasteiger charge is 2.10. The monoisotopic (exact) mass is 312 g/mol. The molecular formula is C18H24N4O. The van der Waals surface area contributed by atoms with Crippen molar-refractivity contribution in [3.05, 3.63) is 53.0 Å². The molecule has 0 aliphatic carbocycles. The Balaban J connectivity index is 1.54. The fourth-order valence-electron chi connectivity index (χ4n) is 2.86. The van der Waals surface area contributed by atoms with Crippen LogP contribution in [0.4, 0.5) is 5.82 Å². The number of nitrogens with one attached hydrogen (secondary N) is 1. The van der Waals surface area contributed by atoms with Gasteiger partial charge in [0, 0.05) is 43.8 Å². The average molecular weight is 312 g/mol. The number of hydrogen-bond donors (Lipinski definition) is 1. The molecule has 2 aromatic heterocycles. The standard InChI is InChI=1S/C18H24N4O/c1-14-9-17(10-15(2)21-14)12-20-18-4-3-16(11-19-18)13-22-5-7-23-8-6-22/h3-4,9-11H,5-8,12-13H2,1-2H3,(H,19,20). The molecule has 0 bridgehead atoms. The Morgan fingerprint density at radius 3 is 2.48 bits per heavy atom. The summed E-state index contributed by atoms with van der Waals surface area (Å²) >= 11 is 0. The summed E-state index contributed by atoms with van der Waals surface area (Å²) in [6.45, 7) is 9.42. The van der Waals surface area contributed by atoms with E-state index in [2.05, 4.69) is 44.5 Å². The molecule has 0 radical (unpaired) electrons. The first kappa shape index (κ1) is 15.9. The summed E-state index contributed by atoms with van der Waals surface area (Å²) in [7, 11) is 0. The number of ether oxygens (including phenoxy) is 1. The van der Waals surface area contributed by atoms with Crippen molar-refractivity contribution in [2.75, 3.05) is 31.6 Å². The van der Waals surface area contributed by atoms with Gasteiger partial charge in [-0.25, -0.2) is 4.98 Å². The minimum atomic E-state index is 0.764. The van der Waals surface area contributed by atoms with Gasteiger partial charge in [0.05, 0.1) is 13.2 Å². The van der Waals surface area contributed by atoms with E-state index < -0.39 is 0 Å². The maximum Gasteiger partial charge on any atom is 0.126 e. The Morgan fingerprint density at radius 2 is 1.83 bits per heavy atom. The van der Waals surface area contributed by atoms with Gasteiger partial charge in [0.2, 0.25) is 0 Å². The lowest BCUT2D eigenvalue weighted by Gasteiger charge is -2.26. The molecule has 1 aliphatic rings. The zero-order valence-electron chi connectivity index (χ0n) is 13.9. The molecule has 122 valence electrons. The van der Waals surface area contributed by atoms with Gasteiger partial charge >= 0.3 is 0 Å². The molecule has 1 N–H and O–H groups in total. The Bertz CT molecular complexity index is 616. The molecule has 1 saturated heterocycles. The van der Waals surface area contributed by atoms with Crippen LogP contribution in [-0.4, -0.2) is 41.2 Å². The van der Waals surface area contributed by atoms with Crippen LogP contribution in [0.2, 0.25) is 0 Å². The number of rotatable bonds is 5. The van der Waals surface area contributed by atoms with Crippen LogP contribution >= 0.6 is 0 Å². The zero-order valence-corrected chi connectivity index (χ0v) is 13.9. The lowest BCUT2D eigenvalue weighted by Crippen LogP contribution is -2.35. The van der Waals surface area contributed by atoms with E-state index in [1.54, 1.807) is 0 Å². The maximum absolute atomic E-state index is 5.38. The van der Waals surface area contributed by atoms with E-state index in [4.69, 9.17) is 4.74 Å². The first-order chi connectivity index (χ1) is 11.2. The molecule has 3 heterocycles. The summed E-state index contributed by atoms with van der Waals surface area (Å²) in [6.07, 6.45) is 1.96. The van der Waals surface area contributed by atoms with Crippen molar-refractivity contribution in [2.24, 2.45) is 0 Å². The van der Waals surface area contributed by atoms with Gasteiger partial charge in [-0.05, 0) is 43.2 Å². The number of hydrogen-bond acceptors (Lipinski definition) is 5. The second kappa shape index (κ2) is 7.53. The molecule has 0 spiro atoms. The van der Waals surface area contributed by atoms with Gasteiger partial charge < -0.3 is 10.1 Å². The molecule has 0 aromatic carbocycles. The topological polar surface area (TPSA) is 50.3 Å². The van der Waals surface area contributed by atoms with E-state index in [1.807, 2.05) is 20.0 Å². The molecule has 1 fully saturated rings. The smallest absolute Gasteiger partial charge is 0.126 e. The molecule has 5 heteroatoms. The number of aryl methyl sites for hydroxylation is 2. The molecule has 0 unspecified atom stereocenters. The maximum atomic E-state index is 5.38. The Hall–Kier alpha value is -1.98. The first-order valence-corrected chi connectivity index (χ1v) is 8.12. The Labute approximate surface area is 137 Å². The number of pyridine rings is 2. The normalized spacial score (nSPS) is 15.6. The van der Waals surface area contributed by atoms with Crippen molar-refractivity contribution in [3.8, 4) is 0 Å². The predicted octanol–water partition coefficient (Wildman–Crippen LogP) is 2.54. The van der Waals surface area contributed by atoms with Crippen LogP contribution in [-0.2, 0) is 17.8 Å². The number of morpholine rings is 1. The fraction of sp³-hybridized carbons (Fsp3) is 0.444. The van der Waals surface area contributed by atoms with Gasteiger partial charge in [-0.15, -0.1) is 0 Å². The van der Waals surface area contributed by atoms with Crippen LogP contribution in [0.15, 0.2) is 30.5 Å². The van der Waals surface area contributed by atoms with E-state index in [9.17, 15) is 0 Å². The number of nitrogens with zero attached hydrogens (tertiary/aromatic N) is 3. The van der Waals surface area contributed by atoms with Gasteiger partial charge in [0.25, 0.3) is 0 Å². The number of anilines is 1. The molecule has 0 amide bonds. The summed E-state index contributed by atoms with van der Waals surface area (Å²) in [5, 5.41) is 3.37. The summed E-state index contributed by atoms with van der Waals surface area (Å²) in [6, 6.07) is 8.41. The Morgan fingerprint density at radius 1 is 1.09 bits per heavy atom. The molecule has 1 aliphatic heterocycles. The van der Waals surface area contributed by atoms with Gasteiger partial charge in [0.15, 0.2) is 0 Å². The van der Waals surface area contributed by atoms with Crippen LogP contribution < -0.4 is 5.32 Å². The molecule has 5 nitrogen and oxygen atoms in total. The third-order valence-corrected chi connectivity index (χ3v) is 3.95. The largest absolute Gasteiger partial charge is 0.379 e. The third-order valence-electron chi connectivity index (χ3n) is 3.95. The summed E-state index contributed by atoms with van der Waals surface area (Å²) in [5.74, 6) is 0.905. The predicted molar refractivity (Wildman–Crippen MR) is 91.4 cm³/mol. The van der Waals surface area contributed by atoms with Gasteiger partial charge in [0.1, 0.15) is 5.82 Å². The molecule has 0 atom stereocenters. The number of aromatic nitrogens is 2. The summed E-state index contributed by atoms with van der Waals surface area (Å²) in [4.78, 5) is 11.3. The SMILES string of the molecule is Cc1cc(CNc2ccc(CN3CCOCC3)cn2)cc(C)n1. The van der Waals surface area contributed by atoms with E-state index in [0.717, 1.165) is 56.6 Å². The summed E-state index contributed by atoms with van der Waals surface area (Å²) in [5.41, 5.74) is 4.58. The van der Waals surface area contributed by atoms with Crippen molar-refractivity contribution < 1.29 is 4.74 Å². The minimum Gasteiger partial charge on any atom is -0.379 e. The van der Waals surface area contributed by atoms with E-state index in [-0.39, 0.29) is 0 Å². The lowest BCUT2D eigenvalue weighted by molar-refractivity contribution is 0.0341. The van der Waals surface area contributed by atoms with Crippen molar-refractivity contribution in [1.29, 1.82) is 0 Å². The van der Waals surface area contributed by atoms with Crippen LogP contribution in [0.3, 0.4) is 0 Å². The van der Waals surface area contributed by atoms with Crippen LogP contribution in [0.1, 0.15) is 22.5 Å². The molecule has 23 heavy (non-hydrogen) atoms. The molecule has 2 aromatic rings. The van der Waals surface area contributed by atoms with Crippen molar-refractivity contribution >= 4 is 5.82 Å². The fourth-order valence-corrected chi connectivity index (χ4v) is 2.86. The van der Waals surface area contributed by atoms with Gasteiger partial charge in [-0.1, -0.05) is 6.07 Å².